The van der Waals surface area contributed by atoms with E-state index in [4.69, 9.17) is 16.3 Å². The Bertz CT molecular complexity index is 1140. The van der Waals surface area contributed by atoms with Crippen molar-refractivity contribution in [2.24, 2.45) is 0 Å². The standard InChI is InChI=1S/C22H24ClN5O4S2/c1-32-21(31)27-8-5-22(12-27)13-28(16-4-3-14(23)9-15(16)22)20(30)25-19-24-10-18(34-19)33-11-17(29)26-6-2-7-26/h3-4,9-10H,2,5-8,11-13H2,1H3,(H,24,25,30). The molecule has 1 aromatic heterocycles. The number of amides is 4. The van der Waals surface area contributed by atoms with Crippen LogP contribution in [0.15, 0.2) is 28.6 Å². The summed E-state index contributed by atoms with van der Waals surface area (Å²) in [5, 5.41) is 3.96. The van der Waals surface area contributed by atoms with E-state index >= 15 is 0 Å². The number of urea groups is 1. The first kappa shape index (κ1) is 23.3. The van der Waals surface area contributed by atoms with Crippen molar-refractivity contribution >= 4 is 63.6 Å². The van der Waals surface area contributed by atoms with Gasteiger partial charge in [0.2, 0.25) is 5.91 Å². The Hall–Kier alpha value is -2.50. The first-order valence-electron chi connectivity index (χ1n) is 11.0. The monoisotopic (exact) mass is 521 g/mol. The van der Waals surface area contributed by atoms with E-state index in [1.165, 1.54) is 30.2 Å². The van der Waals surface area contributed by atoms with Crippen LogP contribution in [0.2, 0.25) is 5.02 Å². The highest BCUT2D eigenvalue weighted by Crippen LogP contribution is 2.47. The van der Waals surface area contributed by atoms with Gasteiger partial charge in [0.25, 0.3) is 0 Å². The number of thiazole rings is 1. The fourth-order valence-electron chi connectivity index (χ4n) is 4.66. The number of aromatic nitrogens is 1. The van der Waals surface area contributed by atoms with Crippen LogP contribution in [-0.2, 0) is 14.9 Å². The molecule has 1 aromatic carbocycles. The number of nitrogens with one attached hydrogen (secondary N) is 1. The molecule has 9 nitrogen and oxygen atoms in total. The third-order valence-corrected chi connectivity index (χ3v) is 8.89. The van der Waals surface area contributed by atoms with E-state index in [1.807, 2.05) is 17.0 Å². The fraction of sp³-hybridized carbons (Fsp3) is 0.455. The molecule has 4 heterocycles. The van der Waals surface area contributed by atoms with E-state index in [9.17, 15) is 14.4 Å². The normalized spacial score (nSPS) is 20.9. The van der Waals surface area contributed by atoms with E-state index in [-0.39, 0.29) is 18.0 Å². The zero-order valence-corrected chi connectivity index (χ0v) is 21.0. The number of thioether (sulfide) groups is 1. The second-order valence-electron chi connectivity index (χ2n) is 8.61. The molecule has 0 bridgehead atoms. The van der Waals surface area contributed by atoms with Crippen LogP contribution in [0.4, 0.5) is 20.4 Å². The summed E-state index contributed by atoms with van der Waals surface area (Å²) in [6.07, 6.45) is 3.09. The zero-order valence-electron chi connectivity index (χ0n) is 18.6. The molecular formula is C22H24ClN5O4S2. The van der Waals surface area contributed by atoms with E-state index < -0.39 is 5.41 Å². The largest absolute Gasteiger partial charge is 0.453 e. The lowest BCUT2D eigenvalue weighted by Gasteiger charge is -2.30. The topological polar surface area (TPSA) is 95.1 Å². The molecule has 2 saturated heterocycles. The molecular weight excluding hydrogens is 498 g/mol. The highest BCUT2D eigenvalue weighted by molar-refractivity contribution is 8.01. The van der Waals surface area contributed by atoms with Gasteiger partial charge in [-0.15, -0.1) is 11.8 Å². The first-order chi connectivity index (χ1) is 16.4. The number of fused-ring (bicyclic) bond motifs is 2. The predicted molar refractivity (Wildman–Crippen MR) is 132 cm³/mol. The number of carbonyl (C=O) groups excluding carboxylic acids is 3. The van der Waals surface area contributed by atoms with Gasteiger partial charge in [-0.25, -0.2) is 14.6 Å². The van der Waals surface area contributed by atoms with Crippen LogP contribution in [0.25, 0.3) is 0 Å². The van der Waals surface area contributed by atoms with Crippen molar-refractivity contribution in [3.8, 4) is 0 Å². The second kappa shape index (κ2) is 9.27. The molecule has 12 heteroatoms. The molecule has 4 amide bonds. The third-order valence-electron chi connectivity index (χ3n) is 6.56. The van der Waals surface area contributed by atoms with E-state index in [1.54, 1.807) is 22.1 Å². The van der Waals surface area contributed by atoms with Crippen molar-refractivity contribution in [2.75, 3.05) is 55.8 Å². The van der Waals surface area contributed by atoms with Gasteiger partial charge in [-0.05, 0) is 36.6 Å². The van der Waals surface area contributed by atoms with Crippen molar-refractivity contribution in [3.05, 3.63) is 35.0 Å². The minimum atomic E-state index is -0.396. The van der Waals surface area contributed by atoms with Gasteiger partial charge in [0.15, 0.2) is 5.13 Å². The Kier molecular flexibility index (Phi) is 6.34. The van der Waals surface area contributed by atoms with Gasteiger partial charge in [-0.2, -0.15) is 0 Å². The number of hydrogen-bond donors (Lipinski definition) is 1. The molecule has 1 N–H and O–H groups in total. The summed E-state index contributed by atoms with van der Waals surface area (Å²) < 4.78 is 5.77. The van der Waals surface area contributed by atoms with E-state index in [2.05, 4.69) is 10.3 Å². The summed E-state index contributed by atoms with van der Waals surface area (Å²) in [7, 11) is 1.37. The van der Waals surface area contributed by atoms with Crippen molar-refractivity contribution < 1.29 is 19.1 Å². The highest BCUT2D eigenvalue weighted by Gasteiger charge is 2.50. The Morgan fingerprint density at radius 1 is 1.24 bits per heavy atom. The molecule has 3 aliphatic heterocycles. The van der Waals surface area contributed by atoms with Crippen LogP contribution in [0, 0.1) is 0 Å². The van der Waals surface area contributed by atoms with Crippen LogP contribution in [0.1, 0.15) is 18.4 Å². The first-order valence-corrected chi connectivity index (χ1v) is 13.1. The molecule has 2 fully saturated rings. The lowest BCUT2D eigenvalue weighted by molar-refractivity contribution is -0.131. The number of ether oxygens (including phenoxy) is 1. The van der Waals surface area contributed by atoms with Crippen LogP contribution >= 0.6 is 34.7 Å². The summed E-state index contributed by atoms with van der Waals surface area (Å²) in [4.78, 5) is 46.9. The lowest BCUT2D eigenvalue weighted by atomic mass is 9.81. The Morgan fingerprint density at radius 3 is 2.79 bits per heavy atom. The minimum Gasteiger partial charge on any atom is -0.453 e. The van der Waals surface area contributed by atoms with E-state index in [0.29, 0.717) is 42.0 Å². The van der Waals surface area contributed by atoms with Crippen LogP contribution in [0.3, 0.4) is 0 Å². The number of rotatable bonds is 4. The number of benzene rings is 1. The molecule has 2 aromatic rings. The molecule has 0 radical (unpaired) electrons. The van der Waals surface area contributed by atoms with Crippen LogP contribution in [0.5, 0.6) is 0 Å². The summed E-state index contributed by atoms with van der Waals surface area (Å²) >= 11 is 9.07. The summed E-state index contributed by atoms with van der Waals surface area (Å²) in [5.41, 5.74) is 1.34. The smallest absolute Gasteiger partial charge is 0.409 e. The highest BCUT2D eigenvalue weighted by atomic mass is 35.5. The Balaban J connectivity index is 1.28. The number of hydrogen-bond acceptors (Lipinski definition) is 7. The number of halogens is 1. The van der Waals surface area contributed by atoms with E-state index in [0.717, 1.165) is 35.0 Å². The molecule has 1 unspecified atom stereocenters. The number of likely N-dealkylation sites (tertiary alicyclic amines) is 2. The lowest BCUT2D eigenvalue weighted by Crippen LogP contribution is -2.42. The van der Waals surface area contributed by atoms with Crippen LogP contribution in [-0.4, -0.2) is 78.4 Å². The maximum atomic E-state index is 13.3. The third kappa shape index (κ3) is 4.32. The maximum absolute atomic E-state index is 13.3. The zero-order chi connectivity index (χ0) is 23.9. The average Bonchev–Trinajstić information content (AvgIpc) is 3.49. The minimum absolute atomic E-state index is 0.130. The predicted octanol–water partition coefficient (Wildman–Crippen LogP) is 3.88. The molecule has 5 rings (SSSR count). The van der Waals surface area contributed by atoms with Gasteiger partial charge in [0.05, 0.1) is 23.3 Å². The Morgan fingerprint density at radius 2 is 2.06 bits per heavy atom. The number of anilines is 2. The molecule has 1 spiro atoms. The summed E-state index contributed by atoms with van der Waals surface area (Å²) in [5.74, 6) is 0.500. The molecule has 34 heavy (non-hydrogen) atoms. The SMILES string of the molecule is COC(=O)N1CCC2(C1)CN(C(=O)Nc1ncc(SCC(=O)N3CCC3)s1)c1ccc(Cl)cc12. The number of nitrogens with zero attached hydrogens (tertiary/aromatic N) is 4. The van der Waals surface area contributed by atoms with Crippen molar-refractivity contribution in [3.63, 3.8) is 0 Å². The van der Waals surface area contributed by atoms with Gasteiger partial charge in [-0.3, -0.25) is 15.0 Å². The van der Waals surface area contributed by atoms with Gasteiger partial charge in [-0.1, -0.05) is 22.9 Å². The van der Waals surface area contributed by atoms with Crippen molar-refractivity contribution in [2.45, 2.75) is 22.5 Å². The number of methoxy groups -OCH3 is 1. The van der Waals surface area contributed by atoms with Crippen LogP contribution < -0.4 is 10.2 Å². The van der Waals surface area contributed by atoms with Gasteiger partial charge < -0.3 is 14.5 Å². The van der Waals surface area contributed by atoms with Gasteiger partial charge >= 0.3 is 12.1 Å². The average molecular weight is 522 g/mol. The molecule has 1 atom stereocenters. The summed E-state index contributed by atoms with van der Waals surface area (Å²) in [6.45, 7) is 3.12. The van der Waals surface area contributed by atoms with Crippen molar-refractivity contribution in [1.82, 2.24) is 14.8 Å². The molecule has 0 saturated carbocycles. The molecule has 180 valence electrons. The molecule has 3 aliphatic rings. The molecule has 0 aliphatic carbocycles. The quantitative estimate of drug-likeness (QED) is 0.613. The maximum Gasteiger partial charge on any atom is 0.409 e. The Labute approximate surface area is 210 Å². The fourth-order valence-corrected chi connectivity index (χ4v) is 6.60. The van der Waals surface area contributed by atoms with Gasteiger partial charge in [0, 0.05) is 48.8 Å². The summed E-state index contributed by atoms with van der Waals surface area (Å²) in [6, 6.07) is 5.20. The number of carbonyl (C=O) groups is 3. The second-order valence-corrected chi connectivity index (χ2v) is 11.3. The van der Waals surface area contributed by atoms with Crippen molar-refractivity contribution in [1.29, 1.82) is 0 Å². The van der Waals surface area contributed by atoms with Gasteiger partial charge in [0.1, 0.15) is 0 Å².